The molecule has 1 aromatic heterocycles. The van der Waals surface area contributed by atoms with Crippen LogP contribution in [0.4, 0.5) is 0 Å². The van der Waals surface area contributed by atoms with Crippen LogP contribution in [0.5, 0.6) is 0 Å². The molecule has 1 unspecified atom stereocenters. The minimum Gasteiger partial charge on any atom is -0.468 e. The Kier molecular flexibility index (Phi) is 4.22. The molecule has 0 N–H and O–H groups in total. The fourth-order valence-corrected chi connectivity index (χ4v) is 3.29. The summed E-state index contributed by atoms with van der Waals surface area (Å²) in [6, 6.07) is 5.32. The zero-order chi connectivity index (χ0) is 16.6. The quantitative estimate of drug-likeness (QED) is 0.643. The monoisotopic (exact) mass is 315 g/mol. The van der Waals surface area contributed by atoms with E-state index in [1.807, 2.05) is 26.0 Å². The lowest BCUT2D eigenvalue weighted by atomic mass is 10.0. The summed E-state index contributed by atoms with van der Waals surface area (Å²) in [6.45, 7) is 5.32. The highest BCUT2D eigenvalue weighted by Crippen LogP contribution is 2.27. The van der Waals surface area contributed by atoms with E-state index >= 15 is 0 Å². The largest absolute Gasteiger partial charge is 0.468 e. The molecule has 0 bridgehead atoms. The van der Waals surface area contributed by atoms with Gasteiger partial charge in [-0.1, -0.05) is 12.1 Å². The number of nitrogens with zero attached hydrogens (tertiary/aromatic N) is 1. The Hall–Kier alpha value is -2.14. The fraction of sp³-hybridized carbons (Fsp3) is 0.444. The van der Waals surface area contributed by atoms with Crippen molar-refractivity contribution >= 4 is 16.9 Å². The third kappa shape index (κ3) is 2.88. The molecule has 1 fully saturated rings. The molecular formula is C18H21NO4. The first kappa shape index (κ1) is 15.7. The van der Waals surface area contributed by atoms with Crippen LogP contribution in [0.2, 0.25) is 0 Å². The number of fused-ring (bicyclic) bond motifs is 1. The van der Waals surface area contributed by atoms with Crippen molar-refractivity contribution in [2.45, 2.75) is 39.3 Å². The maximum absolute atomic E-state index is 11.9. The smallest absolute Gasteiger partial charge is 0.336 e. The van der Waals surface area contributed by atoms with E-state index in [0.717, 1.165) is 41.5 Å². The van der Waals surface area contributed by atoms with Crippen molar-refractivity contribution in [3.63, 3.8) is 0 Å². The Morgan fingerprint density at radius 3 is 2.91 bits per heavy atom. The first-order chi connectivity index (χ1) is 11.0. The molecule has 23 heavy (non-hydrogen) atoms. The number of methoxy groups -OCH3 is 1. The van der Waals surface area contributed by atoms with Gasteiger partial charge in [0.15, 0.2) is 0 Å². The maximum Gasteiger partial charge on any atom is 0.336 e. The number of hydrogen-bond donors (Lipinski definition) is 0. The van der Waals surface area contributed by atoms with E-state index < -0.39 is 0 Å². The highest BCUT2D eigenvalue weighted by Gasteiger charge is 2.31. The van der Waals surface area contributed by atoms with Gasteiger partial charge < -0.3 is 9.15 Å². The van der Waals surface area contributed by atoms with Crippen molar-refractivity contribution in [1.82, 2.24) is 4.90 Å². The van der Waals surface area contributed by atoms with Crippen molar-refractivity contribution < 1.29 is 13.9 Å². The number of aryl methyl sites for hydroxylation is 2. The van der Waals surface area contributed by atoms with E-state index in [-0.39, 0.29) is 17.6 Å². The molecule has 122 valence electrons. The molecule has 1 aliphatic rings. The average Bonchev–Trinajstić information content (AvgIpc) is 2.98. The lowest BCUT2D eigenvalue weighted by Gasteiger charge is -2.22. The normalized spacial score (nSPS) is 18.5. The van der Waals surface area contributed by atoms with Crippen LogP contribution in [0.25, 0.3) is 11.0 Å². The summed E-state index contributed by atoms with van der Waals surface area (Å²) in [6.07, 6.45) is 1.75. The predicted molar refractivity (Wildman–Crippen MR) is 87.4 cm³/mol. The van der Waals surface area contributed by atoms with Gasteiger partial charge in [-0.15, -0.1) is 0 Å². The Labute approximate surface area is 134 Å². The Balaban J connectivity index is 2.02. The Bertz CT molecular complexity index is 809. The van der Waals surface area contributed by atoms with E-state index in [9.17, 15) is 9.59 Å². The van der Waals surface area contributed by atoms with Gasteiger partial charge in [-0.25, -0.2) is 4.79 Å². The van der Waals surface area contributed by atoms with Crippen LogP contribution in [0.1, 0.15) is 29.5 Å². The van der Waals surface area contributed by atoms with Gasteiger partial charge in [-0.2, -0.15) is 0 Å². The topological polar surface area (TPSA) is 59.8 Å². The number of likely N-dealkylation sites (tertiary alicyclic amines) is 1. The van der Waals surface area contributed by atoms with Crippen molar-refractivity contribution in [2.75, 3.05) is 13.7 Å². The zero-order valence-electron chi connectivity index (χ0n) is 13.7. The van der Waals surface area contributed by atoms with Gasteiger partial charge in [0.25, 0.3) is 0 Å². The lowest BCUT2D eigenvalue weighted by Crippen LogP contribution is -2.36. The molecule has 0 spiro atoms. The highest BCUT2D eigenvalue weighted by molar-refractivity contribution is 5.84. The van der Waals surface area contributed by atoms with Crippen molar-refractivity contribution in [2.24, 2.45) is 0 Å². The summed E-state index contributed by atoms with van der Waals surface area (Å²) in [5.74, 6) is -0.207. The van der Waals surface area contributed by atoms with Crippen LogP contribution in [-0.4, -0.2) is 30.6 Å². The van der Waals surface area contributed by atoms with Gasteiger partial charge in [-0.3, -0.25) is 9.69 Å². The van der Waals surface area contributed by atoms with Gasteiger partial charge in [0.2, 0.25) is 0 Å². The van der Waals surface area contributed by atoms with E-state index in [4.69, 9.17) is 9.15 Å². The number of hydrogen-bond acceptors (Lipinski definition) is 5. The highest BCUT2D eigenvalue weighted by atomic mass is 16.5. The molecule has 2 aromatic rings. The van der Waals surface area contributed by atoms with Crippen LogP contribution in [0.3, 0.4) is 0 Å². The summed E-state index contributed by atoms with van der Waals surface area (Å²) >= 11 is 0. The standard InChI is InChI=1S/C18H21NO4/c1-11-6-7-14-13(9-16(20)23-17(14)12(11)2)10-19-8-4-5-15(19)18(21)22-3/h6-7,9,15H,4-5,8,10H2,1-3H3. The molecule has 1 aromatic carbocycles. The summed E-state index contributed by atoms with van der Waals surface area (Å²) in [5, 5.41) is 0.934. The van der Waals surface area contributed by atoms with Crippen molar-refractivity contribution in [3.05, 3.63) is 45.3 Å². The molecule has 0 aliphatic carbocycles. The number of benzene rings is 1. The molecule has 0 saturated carbocycles. The second-order valence-corrected chi connectivity index (χ2v) is 6.13. The molecule has 1 saturated heterocycles. The Morgan fingerprint density at radius 2 is 2.17 bits per heavy atom. The summed E-state index contributed by atoms with van der Waals surface area (Å²) < 4.78 is 10.3. The predicted octanol–water partition coefficient (Wildman–Crippen LogP) is 2.55. The second kappa shape index (κ2) is 6.16. The third-order valence-corrected chi connectivity index (χ3v) is 4.73. The van der Waals surface area contributed by atoms with E-state index in [1.165, 1.54) is 13.2 Å². The first-order valence-electron chi connectivity index (χ1n) is 7.86. The minimum absolute atomic E-state index is 0.207. The number of rotatable bonds is 3. The minimum atomic E-state index is -0.352. The fourth-order valence-electron chi connectivity index (χ4n) is 3.29. The summed E-state index contributed by atoms with van der Waals surface area (Å²) in [4.78, 5) is 25.9. The number of ether oxygens (including phenoxy) is 1. The Morgan fingerprint density at radius 1 is 1.39 bits per heavy atom. The van der Waals surface area contributed by atoms with Gasteiger partial charge in [-0.05, 0) is 49.9 Å². The molecule has 0 amide bonds. The van der Waals surface area contributed by atoms with Gasteiger partial charge in [0.05, 0.1) is 7.11 Å². The van der Waals surface area contributed by atoms with Gasteiger partial charge >= 0.3 is 11.6 Å². The molecule has 0 radical (unpaired) electrons. The molecular weight excluding hydrogens is 294 g/mol. The van der Waals surface area contributed by atoms with E-state index in [0.29, 0.717) is 12.1 Å². The molecule has 5 nitrogen and oxygen atoms in total. The van der Waals surface area contributed by atoms with E-state index in [2.05, 4.69) is 4.90 Å². The lowest BCUT2D eigenvalue weighted by molar-refractivity contribution is -0.146. The van der Waals surface area contributed by atoms with Gasteiger partial charge in [0.1, 0.15) is 11.6 Å². The third-order valence-electron chi connectivity index (χ3n) is 4.73. The SMILES string of the molecule is COC(=O)C1CCCN1Cc1cc(=O)oc2c(C)c(C)ccc12. The number of carbonyl (C=O) groups is 1. The molecule has 1 aliphatic heterocycles. The first-order valence-corrected chi connectivity index (χ1v) is 7.86. The van der Waals surface area contributed by atoms with Crippen LogP contribution in [0.15, 0.2) is 27.4 Å². The molecule has 1 atom stereocenters. The van der Waals surface area contributed by atoms with Crippen LogP contribution in [-0.2, 0) is 16.1 Å². The summed E-state index contributed by atoms with van der Waals surface area (Å²) in [7, 11) is 1.41. The molecule has 5 heteroatoms. The number of carbonyl (C=O) groups excluding carboxylic acids is 1. The molecule has 3 rings (SSSR count). The van der Waals surface area contributed by atoms with Crippen LogP contribution < -0.4 is 5.63 Å². The van der Waals surface area contributed by atoms with Crippen LogP contribution in [0, 0.1) is 13.8 Å². The van der Waals surface area contributed by atoms with Crippen molar-refractivity contribution in [1.29, 1.82) is 0 Å². The van der Waals surface area contributed by atoms with Crippen LogP contribution >= 0.6 is 0 Å². The second-order valence-electron chi connectivity index (χ2n) is 6.13. The molecule has 2 heterocycles. The zero-order valence-corrected chi connectivity index (χ0v) is 13.7. The van der Waals surface area contributed by atoms with E-state index in [1.54, 1.807) is 0 Å². The number of esters is 1. The average molecular weight is 315 g/mol. The maximum atomic E-state index is 11.9. The van der Waals surface area contributed by atoms with Gasteiger partial charge in [0, 0.05) is 18.0 Å². The van der Waals surface area contributed by atoms with Crippen molar-refractivity contribution in [3.8, 4) is 0 Å². The summed E-state index contributed by atoms with van der Waals surface area (Å²) in [5.41, 5.74) is 3.25.